The maximum absolute atomic E-state index is 13.1. The predicted molar refractivity (Wildman–Crippen MR) is 114 cm³/mol. The van der Waals surface area contributed by atoms with E-state index in [9.17, 15) is 4.79 Å². The van der Waals surface area contributed by atoms with Crippen LogP contribution in [0.4, 0.5) is 0 Å². The monoisotopic (exact) mass is 430 g/mol. The number of ether oxygens (including phenoxy) is 1. The molecule has 0 radical (unpaired) electrons. The summed E-state index contributed by atoms with van der Waals surface area (Å²) < 4.78 is 11.9. The lowest BCUT2D eigenvalue weighted by molar-refractivity contribution is 0.298. The van der Waals surface area contributed by atoms with Crippen molar-refractivity contribution in [2.24, 2.45) is 0 Å². The molecule has 0 bridgehead atoms. The van der Waals surface area contributed by atoms with Crippen LogP contribution < -0.4 is 10.2 Å². The van der Waals surface area contributed by atoms with Crippen LogP contribution in [-0.2, 0) is 6.61 Å². The first-order chi connectivity index (χ1) is 13.5. The Labute approximate surface area is 176 Å². The number of benzene rings is 3. The largest absolute Gasteiger partial charge is 0.481 e. The number of fused-ring (bicyclic) bond motifs is 1. The summed E-state index contributed by atoms with van der Waals surface area (Å²) in [6.07, 6.45) is 0. The van der Waals surface area contributed by atoms with Gasteiger partial charge >= 0.3 is 0 Å². The van der Waals surface area contributed by atoms with Crippen molar-refractivity contribution in [2.75, 3.05) is 0 Å². The normalized spacial score (nSPS) is 11.0. The van der Waals surface area contributed by atoms with Gasteiger partial charge in [0, 0.05) is 20.6 Å². The molecular formula is C22H13Cl3O3. The first-order valence-corrected chi connectivity index (χ1v) is 9.54. The summed E-state index contributed by atoms with van der Waals surface area (Å²) >= 11 is 18.1. The maximum atomic E-state index is 13.1. The molecule has 1 heterocycles. The summed E-state index contributed by atoms with van der Waals surface area (Å²) in [4.78, 5) is 13.1. The Morgan fingerprint density at radius 1 is 0.821 bits per heavy atom. The molecule has 4 rings (SSSR count). The summed E-state index contributed by atoms with van der Waals surface area (Å²) in [6.45, 7) is 0.165. The minimum atomic E-state index is -0.296. The fourth-order valence-electron chi connectivity index (χ4n) is 2.86. The second-order valence-electron chi connectivity index (χ2n) is 6.16. The molecular weight excluding hydrogens is 419 g/mol. The standard InChI is InChI=1S/C22H13Cl3O3/c23-15-6-4-14(5-7-15)21-22(27-12-13-2-1-3-16(24)10-13)20(26)18-11-17(25)8-9-19(18)28-21/h1-11H,12H2. The molecule has 0 aliphatic carbocycles. The van der Waals surface area contributed by atoms with Gasteiger partial charge in [0.1, 0.15) is 12.2 Å². The molecule has 6 heteroatoms. The molecule has 0 aliphatic heterocycles. The molecule has 0 saturated carbocycles. The van der Waals surface area contributed by atoms with Crippen LogP contribution in [-0.4, -0.2) is 0 Å². The summed E-state index contributed by atoms with van der Waals surface area (Å²) in [7, 11) is 0. The zero-order valence-corrected chi connectivity index (χ0v) is 16.7. The van der Waals surface area contributed by atoms with E-state index in [1.807, 2.05) is 12.1 Å². The number of halogens is 3. The Kier molecular flexibility index (Phi) is 5.31. The van der Waals surface area contributed by atoms with Gasteiger partial charge in [0.15, 0.2) is 5.76 Å². The Morgan fingerprint density at radius 2 is 1.54 bits per heavy atom. The van der Waals surface area contributed by atoms with Crippen molar-refractivity contribution in [3.05, 3.63) is 97.6 Å². The number of hydrogen-bond donors (Lipinski definition) is 0. The van der Waals surface area contributed by atoms with Gasteiger partial charge in [0.2, 0.25) is 11.2 Å². The lowest BCUT2D eigenvalue weighted by Crippen LogP contribution is -2.10. The van der Waals surface area contributed by atoms with Gasteiger partial charge in [-0.1, -0.05) is 46.9 Å². The average Bonchev–Trinajstić information content (AvgIpc) is 2.68. The molecule has 0 N–H and O–H groups in total. The number of hydrogen-bond acceptors (Lipinski definition) is 3. The third kappa shape index (κ3) is 3.88. The topological polar surface area (TPSA) is 39.4 Å². The molecule has 140 valence electrons. The Balaban J connectivity index is 1.85. The molecule has 3 aromatic carbocycles. The van der Waals surface area contributed by atoms with Gasteiger partial charge in [-0.15, -0.1) is 0 Å². The molecule has 28 heavy (non-hydrogen) atoms. The van der Waals surface area contributed by atoms with E-state index in [0.29, 0.717) is 37.4 Å². The van der Waals surface area contributed by atoms with E-state index >= 15 is 0 Å². The second-order valence-corrected chi connectivity index (χ2v) is 7.46. The number of rotatable bonds is 4. The van der Waals surface area contributed by atoms with Gasteiger partial charge in [-0.25, -0.2) is 0 Å². The van der Waals surface area contributed by atoms with E-state index in [0.717, 1.165) is 5.56 Å². The highest BCUT2D eigenvalue weighted by molar-refractivity contribution is 6.31. The Morgan fingerprint density at radius 3 is 2.29 bits per heavy atom. The SMILES string of the molecule is O=c1c(OCc2cccc(Cl)c2)c(-c2ccc(Cl)cc2)oc2ccc(Cl)cc12. The molecule has 0 aliphatic rings. The van der Waals surface area contributed by atoms with Gasteiger partial charge < -0.3 is 9.15 Å². The molecule has 0 atom stereocenters. The van der Waals surface area contributed by atoms with Crippen molar-refractivity contribution >= 4 is 45.8 Å². The smallest absolute Gasteiger partial charge is 0.235 e. The van der Waals surface area contributed by atoms with Crippen molar-refractivity contribution in [3.63, 3.8) is 0 Å². The van der Waals surface area contributed by atoms with Crippen molar-refractivity contribution < 1.29 is 9.15 Å². The van der Waals surface area contributed by atoms with E-state index in [-0.39, 0.29) is 17.8 Å². The van der Waals surface area contributed by atoms with E-state index in [2.05, 4.69) is 0 Å². The second kappa shape index (κ2) is 7.88. The van der Waals surface area contributed by atoms with E-state index in [1.54, 1.807) is 54.6 Å². The van der Waals surface area contributed by atoms with Crippen LogP contribution in [0.25, 0.3) is 22.3 Å². The van der Waals surface area contributed by atoms with Gasteiger partial charge in [-0.3, -0.25) is 4.79 Å². The third-order valence-corrected chi connectivity index (χ3v) is 4.91. The molecule has 4 aromatic rings. The predicted octanol–water partition coefficient (Wildman–Crippen LogP) is 7.00. The summed E-state index contributed by atoms with van der Waals surface area (Å²) in [5.74, 6) is 0.440. The highest BCUT2D eigenvalue weighted by Crippen LogP contribution is 2.33. The minimum Gasteiger partial charge on any atom is -0.481 e. The summed E-state index contributed by atoms with van der Waals surface area (Å²) in [5, 5.41) is 1.97. The summed E-state index contributed by atoms with van der Waals surface area (Å²) in [6, 6.07) is 19.2. The van der Waals surface area contributed by atoms with Crippen LogP contribution in [0.2, 0.25) is 15.1 Å². The minimum absolute atomic E-state index is 0.108. The fraction of sp³-hybridized carbons (Fsp3) is 0.0455. The zero-order chi connectivity index (χ0) is 19.7. The van der Waals surface area contributed by atoms with E-state index in [1.165, 1.54) is 0 Å². The average molecular weight is 432 g/mol. The van der Waals surface area contributed by atoms with Crippen LogP contribution in [0.1, 0.15) is 5.56 Å². The molecule has 0 amide bonds. The van der Waals surface area contributed by atoms with Crippen molar-refractivity contribution in [1.29, 1.82) is 0 Å². The molecule has 1 aromatic heterocycles. The van der Waals surface area contributed by atoms with Crippen LogP contribution >= 0.6 is 34.8 Å². The van der Waals surface area contributed by atoms with Crippen LogP contribution in [0.15, 0.2) is 75.9 Å². The lowest BCUT2D eigenvalue weighted by atomic mass is 10.1. The first kappa shape index (κ1) is 18.9. The summed E-state index contributed by atoms with van der Waals surface area (Å²) in [5.41, 5.74) is 1.64. The first-order valence-electron chi connectivity index (χ1n) is 8.41. The van der Waals surface area contributed by atoms with Gasteiger partial charge in [0.25, 0.3) is 0 Å². The molecule has 0 spiro atoms. The van der Waals surface area contributed by atoms with Gasteiger partial charge in [0.05, 0.1) is 5.39 Å². The molecule has 0 unspecified atom stereocenters. The Bertz CT molecular complexity index is 1210. The van der Waals surface area contributed by atoms with Gasteiger partial charge in [-0.05, 0) is 60.2 Å². The highest BCUT2D eigenvalue weighted by atomic mass is 35.5. The van der Waals surface area contributed by atoms with Crippen molar-refractivity contribution in [2.45, 2.75) is 6.61 Å². The van der Waals surface area contributed by atoms with Crippen molar-refractivity contribution in [3.8, 4) is 17.1 Å². The molecule has 0 saturated heterocycles. The van der Waals surface area contributed by atoms with E-state index < -0.39 is 0 Å². The maximum Gasteiger partial charge on any atom is 0.235 e. The molecule has 3 nitrogen and oxygen atoms in total. The van der Waals surface area contributed by atoms with Crippen LogP contribution in [0.5, 0.6) is 5.75 Å². The fourth-order valence-corrected chi connectivity index (χ4v) is 3.37. The lowest BCUT2D eigenvalue weighted by Gasteiger charge is -2.12. The van der Waals surface area contributed by atoms with Crippen molar-refractivity contribution in [1.82, 2.24) is 0 Å². The quantitative estimate of drug-likeness (QED) is 0.349. The third-order valence-electron chi connectivity index (χ3n) is 4.19. The van der Waals surface area contributed by atoms with Crippen LogP contribution in [0, 0.1) is 0 Å². The Hall–Kier alpha value is -2.46. The highest BCUT2D eigenvalue weighted by Gasteiger charge is 2.18. The van der Waals surface area contributed by atoms with Gasteiger partial charge in [-0.2, -0.15) is 0 Å². The van der Waals surface area contributed by atoms with E-state index in [4.69, 9.17) is 44.0 Å². The zero-order valence-electron chi connectivity index (χ0n) is 14.4. The molecule has 0 fully saturated rings. The van der Waals surface area contributed by atoms with Crippen LogP contribution in [0.3, 0.4) is 0 Å².